The van der Waals surface area contributed by atoms with Crippen LogP contribution < -0.4 is 32.3 Å². The predicted molar refractivity (Wildman–Crippen MR) is 351 cm³/mol. The lowest BCUT2D eigenvalue weighted by molar-refractivity contribution is -0.277. The number of hydrogen-bond acceptors (Lipinski definition) is 24. The summed E-state index contributed by atoms with van der Waals surface area (Å²) in [6.07, 6.45) is -1.87. The highest BCUT2D eigenvalue weighted by atomic mass is 16.7. The summed E-state index contributed by atoms with van der Waals surface area (Å²) in [7, 11) is 1.56. The second-order valence-electron chi connectivity index (χ2n) is 28.2. The van der Waals surface area contributed by atoms with E-state index in [1.807, 2.05) is 0 Å². The minimum absolute atomic E-state index is 0.0249. The number of amides is 8. The number of hydrogen-bond donors (Lipinski definition) is 8. The van der Waals surface area contributed by atoms with Gasteiger partial charge >= 0.3 is 12.1 Å². The van der Waals surface area contributed by atoms with Crippen molar-refractivity contribution in [3.8, 4) is 0 Å². The number of fused-ring (bicyclic) bond motifs is 9. The average molecular weight is 1420 g/mol. The first kappa shape index (κ1) is 76.8. The topological polar surface area (TPSA) is 411 Å². The number of Topliss-reactive ketones (excluding diaryl/α,β-unsaturated/α-hetero) is 1. The number of methoxy groups -OCH3 is 1. The Kier molecular flexibility index (Phi) is 26.6. The molecule has 31 heteroatoms. The summed E-state index contributed by atoms with van der Waals surface area (Å²) in [5.74, 6) is -7.23. The van der Waals surface area contributed by atoms with E-state index in [0.717, 1.165) is 30.4 Å². The van der Waals surface area contributed by atoms with E-state index in [0.29, 0.717) is 62.0 Å². The van der Waals surface area contributed by atoms with Crippen LogP contribution in [0.15, 0.2) is 48.6 Å². The third-order valence-corrected chi connectivity index (χ3v) is 20.5. The van der Waals surface area contributed by atoms with Gasteiger partial charge in [-0.1, -0.05) is 32.2 Å². The summed E-state index contributed by atoms with van der Waals surface area (Å²) in [6, 6.07) is 2.31. The van der Waals surface area contributed by atoms with E-state index in [4.69, 9.17) is 62.7 Å². The highest BCUT2D eigenvalue weighted by molar-refractivity contribution is 6.02. The third-order valence-electron chi connectivity index (χ3n) is 20.5. The summed E-state index contributed by atoms with van der Waals surface area (Å²) in [5, 5.41) is 35.8. The van der Waals surface area contributed by atoms with Gasteiger partial charge < -0.3 is 99.5 Å². The molecule has 9 fully saturated rings. The fraction of sp³-hybridized carbons (Fsp3) is 0.714. The van der Waals surface area contributed by atoms with Gasteiger partial charge in [0.05, 0.1) is 119 Å². The number of aliphatic hydroxyl groups excluding tert-OH is 2. The molecule has 9 aliphatic rings. The van der Waals surface area contributed by atoms with E-state index < -0.39 is 145 Å². The van der Waals surface area contributed by atoms with Crippen LogP contribution in [-0.4, -0.2) is 230 Å². The molecule has 0 saturated carbocycles. The normalized spacial score (nSPS) is 33.0. The number of nitrogens with two attached hydrogens (primary N) is 1. The summed E-state index contributed by atoms with van der Waals surface area (Å²) < 4.78 is 69.6. The molecule has 558 valence electrons. The molecule has 9 aliphatic heterocycles. The number of alkyl carbamates (subject to hydrolysis) is 1. The zero-order valence-corrected chi connectivity index (χ0v) is 57.8. The number of imide groups is 1. The van der Waals surface area contributed by atoms with Crippen LogP contribution in [0, 0.1) is 11.8 Å². The van der Waals surface area contributed by atoms with Crippen LogP contribution >= 0.6 is 0 Å². The van der Waals surface area contributed by atoms with Crippen molar-refractivity contribution in [1.82, 2.24) is 26.3 Å². The van der Waals surface area contributed by atoms with Crippen molar-refractivity contribution in [2.45, 2.75) is 265 Å². The van der Waals surface area contributed by atoms with Gasteiger partial charge in [-0.15, -0.1) is 5.06 Å². The Morgan fingerprint density at radius 2 is 1.42 bits per heavy atom. The van der Waals surface area contributed by atoms with E-state index in [-0.39, 0.29) is 139 Å². The van der Waals surface area contributed by atoms with Gasteiger partial charge in [-0.25, -0.2) is 9.59 Å². The molecule has 10 rings (SSSR count). The fourth-order valence-electron chi connectivity index (χ4n) is 15.1. The Bertz CT molecular complexity index is 3160. The number of anilines is 1. The molecule has 10 bridgehead atoms. The van der Waals surface area contributed by atoms with Gasteiger partial charge in [0.2, 0.25) is 29.5 Å². The zero-order valence-electron chi connectivity index (χ0n) is 57.8. The molecule has 15 unspecified atom stereocenters. The Morgan fingerprint density at radius 3 is 2.15 bits per heavy atom. The standard InChI is InChI=1S/C70H99N7O24/c1-36-25-45-11-13-51-37(2)26-47(94-51)17-20-70-33-50(80)64(100-70)56-32-57(99-70)65-52(97-56)14-12-46(96-65)27-43(78)28-48-54(31-53(95-45)38(36)3)98-55(63(48)90-6)29-44(79)34-72-69(89)93-35-41-7-9-42(10-8-41)75-68(88)49(30-58(71)81)76-67(87)40(5)74-66(86)39(4)73-59(82)18-21-91-23-24-92-22-19-62(85)101-77-60(83)15-16-61(77)84/h7-10,36,39-40,44-57,63-65,79-80H,2-3,11-35H2,1,4-6H3,(H2,71,81)(H,72,89)(H,73,82)(H,74,86)(H,75,88)(H,76,87)/t36-,39?,40+,44?,45?,46?,47?,48?,49?,50-,51?,52?,53?,54?,55?,56?,57?,63-,64?,65+,70-/m1/s1. The van der Waals surface area contributed by atoms with Gasteiger partial charge in [-0.3, -0.25) is 38.4 Å². The Hall–Kier alpha value is -6.88. The van der Waals surface area contributed by atoms with Gasteiger partial charge in [0.1, 0.15) is 42.7 Å². The molecule has 9 N–H and O–H groups in total. The van der Waals surface area contributed by atoms with Gasteiger partial charge in [-0.05, 0) is 93.6 Å². The first-order chi connectivity index (χ1) is 48.3. The van der Waals surface area contributed by atoms with E-state index >= 15 is 0 Å². The third kappa shape index (κ3) is 20.5. The molecule has 1 aromatic rings. The van der Waals surface area contributed by atoms with E-state index in [9.17, 15) is 58.2 Å². The number of carbonyl (C=O) groups is 10. The summed E-state index contributed by atoms with van der Waals surface area (Å²) >= 11 is 0. The van der Waals surface area contributed by atoms with Crippen LogP contribution in [0.2, 0.25) is 0 Å². The number of primary amides is 1. The largest absolute Gasteiger partial charge is 0.445 e. The summed E-state index contributed by atoms with van der Waals surface area (Å²) in [5.41, 5.74) is 8.16. The molecule has 9 saturated heterocycles. The van der Waals surface area contributed by atoms with E-state index in [1.165, 1.54) is 26.0 Å². The monoisotopic (exact) mass is 1420 g/mol. The Balaban J connectivity index is 0.661. The van der Waals surface area contributed by atoms with Crippen LogP contribution in [-0.2, 0) is 107 Å². The van der Waals surface area contributed by atoms with E-state index in [1.54, 1.807) is 19.2 Å². The van der Waals surface area contributed by atoms with Crippen LogP contribution in [0.5, 0.6) is 0 Å². The van der Waals surface area contributed by atoms with Gasteiger partial charge in [0, 0.05) is 89.5 Å². The van der Waals surface area contributed by atoms with Crippen molar-refractivity contribution >= 4 is 64.9 Å². The second kappa shape index (κ2) is 35.1. The van der Waals surface area contributed by atoms with Gasteiger partial charge in [0.25, 0.3) is 11.8 Å². The molecular weight excluding hydrogens is 1320 g/mol. The quantitative estimate of drug-likeness (QED) is 0.0374. The fourth-order valence-corrected chi connectivity index (χ4v) is 15.1. The molecule has 0 radical (unpaired) electrons. The average Bonchev–Trinajstić information content (AvgIpc) is 1.61. The molecule has 0 aliphatic carbocycles. The Morgan fingerprint density at radius 1 is 0.723 bits per heavy atom. The lowest BCUT2D eigenvalue weighted by Gasteiger charge is -2.47. The number of ether oxygens (including phenoxy) is 11. The van der Waals surface area contributed by atoms with E-state index in [2.05, 4.69) is 46.7 Å². The van der Waals surface area contributed by atoms with Crippen LogP contribution in [0.25, 0.3) is 0 Å². The lowest BCUT2D eigenvalue weighted by Crippen LogP contribution is -2.58. The van der Waals surface area contributed by atoms with Crippen molar-refractivity contribution in [3.63, 3.8) is 0 Å². The highest BCUT2D eigenvalue weighted by Gasteiger charge is 2.60. The van der Waals surface area contributed by atoms with Crippen molar-refractivity contribution in [2.24, 2.45) is 17.6 Å². The summed E-state index contributed by atoms with van der Waals surface area (Å²) in [4.78, 5) is 132. The first-order valence-electron chi connectivity index (χ1n) is 35.4. The second-order valence-corrected chi connectivity index (χ2v) is 28.2. The number of hydroxylamine groups is 2. The smallest absolute Gasteiger partial charge is 0.407 e. The molecule has 1 spiro atoms. The molecule has 101 heavy (non-hydrogen) atoms. The van der Waals surface area contributed by atoms with Crippen molar-refractivity contribution in [3.05, 3.63) is 54.1 Å². The van der Waals surface area contributed by atoms with Crippen molar-refractivity contribution in [1.29, 1.82) is 0 Å². The maximum Gasteiger partial charge on any atom is 0.407 e. The first-order valence-corrected chi connectivity index (χ1v) is 35.4. The number of carbonyl (C=O) groups excluding carboxylic acids is 10. The maximum atomic E-state index is 14.5. The molecule has 8 amide bonds. The molecule has 31 nitrogen and oxygen atoms in total. The zero-order chi connectivity index (χ0) is 72.2. The number of nitrogens with one attached hydrogen (secondary N) is 5. The van der Waals surface area contributed by atoms with Gasteiger partial charge in [-0.2, -0.15) is 0 Å². The number of rotatable bonds is 26. The lowest BCUT2D eigenvalue weighted by atomic mass is 9.81. The summed E-state index contributed by atoms with van der Waals surface area (Å²) in [6.45, 7) is 13.4. The van der Waals surface area contributed by atoms with Crippen molar-refractivity contribution < 1.29 is 115 Å². The minimum atomic E-state index is -1.47. The molecule has 0 aromatic heterocycles. The molecule has 1 aromatic carbocycles. The van der Waals surface area contributed by atoms with Crippen LogP contribution in [0.4, 0.5) is 10.5 Å². The SMILES string of the molecule is C=C1CC2CC[C@]34C[C@@H](O)C(O3)C3CC(O4)[C@H]4OC(CCC4O3)CC(=O)CC3C(CC4OC(CCC1O2)C[C@@H](C)C4=C)OC(CC(O)CNC(=O)OCc1ccc(NC(=O)C(CC(N)=O)NC(=O)[C@H](C)NC(=O)C(C)NC(=O)CCOCCOCCC(=O)ON2C(=O)CCC2=O)cc1)[C@@H]3OC. The number of nitrogens with zero attached hydrogens (tertiary/aromatic N) is 1. The van der Waals surface area contributed by atoms with Gasteiger partial charge in [0.15, 0.2) is 5.79 Å². The number of benzene rings is 1. The van der Waals surface area contributed by atoms with Crippen LogP contribution in [0.3, 0.4) is 0 Å². The maximum absolute atomic E-state index is 14.5. The van der Waals surface area contributed by atoms with Crippen molar-refractivity contribution in [2.75, 3.05) is 45.4 Å². The van der Waals surface area contributed by atoms with Crippen LogP contribution in [0.1, 0.15) is 148 Å². The molecule has 21 atom stereocenters. The molecular formula is C70H99N7O24. The highest BCUT2D eigenvalue weighted by Crippen LogP contribution is 2.49. The predicted octanol–water partition coefficient (Wildman–Crippen LogP) is 2.12. The Labute approximate surface area is 586 Å². The minimum Gasteiger partial charge on any atom is -0.445 e. The number of aliphatic hydroxyl groups is 2. The number of ketones is 1. The molecule has 9 heterocycles.